The van der Waals surface area contributed by atoms with Gasteiger partial charge in [0.05, 0.1) is 13.2 Å². The van der Waals surface area contributed by atoms with Gasteiger partial charge >= 0.3 is 0 Å². The van der Waals surface area contributed by atoms with Crippen molar-refractivity contribution in [2.24, 2.45) is 0 Å². The summed E-state index contributed by atoms with van der Waals surface area (Å²) < 4.78 is 5.32. The number of ether oxygens (including phenoxy) is 1. The summed E-state index contributed by atoms with van der Waals surface area (Å²) in [6, 6.07) is 15.6. The number of nitrogens with one attached hydrogen (secondary N) is 1. The standard InChI is InChI=1S/C19H21NO2/c1-14-8-10-16(11-9-14)12-13-19(21)20-15(2)17-6-4-5-7-18(17)22-3/h4-13,15H,1-3H3,(H,20,21)/b13-12+. The highest BCUT2D eigenvalue weighted by Gasteiger charge is 2.11. The van der Waals surface area contributed by atoms with Crippen molar-refractivity contribution in [3.05, 3.63) is 71.3 Å². The Hall–Kier alpha value is -2.55. The molecule has 1 atom stereocenters. The molecule has 22 heavy (non-hydrogen) atoms. The number of hydrogen-bond donors (Lipinski definition) is 1. The summed E-state index contributed by atoms with van der Waals surface area (Å²) in [5.74, 6) is 0.650. The molecule has 1 amide bonds. The lowest BCUT2D eigenvalue weighted by Gasteiger charge is -2.16. The number of methoxy groups -OCH3 is 1. The van der Waals surface area contributed by atoms with Crippen LogP contribution in [0.3, 0.4) is 0 Å². The van der Waals surface area contributed by atoms with Crippen LogP contribution >= 0.6 is 0 Å². The first-order chi connectivity index (χ1) is 10.6. The van der Waals surface area contributed by atoms with Gasteiger partial charge in [0.2, 0.25) is 5.91 Å². The van der Waals surface area contributed by atoms with E-state index >= 15 is 0 Å². The molecule has 1 N–H and O–H groups in total. The minimum absolute atomic E-state index is 0.119. The van der Waals surface area contributed by atoms with Crippen LogP contribution in [-0.2, 0) is 4.79 Å². The summed E-state index contributed by atoms with van der Waals surface area (Å²) in [5, 5.41) is 2.95. The maximum absolute atomic E-state index is 12.0. The van der Waals surface area contributed by atoms with Crippen LogP contribution in [0.15, 0.2) is 54.6 Å². The monoisotopic (exact) mass is 295 g/mol. The molecule has 0 fully saturated rings. The number of carbonyl (C=O) groups excluding carboxylic acids is 1. The lowest BCUT2D eigenvalue weighted by molar-refractivity contribution is -0.117. The summed E-state index contributed by atoms with van der Waals surface area (Å²) in [6.45, 7) is 3.98. The summed E-state index contributed by atoms with van der Waals surface area (Å²) >= 11 is 0. The molecule has 3 nitrogen and oxygen atoms in total. The highest BCUT2D eigenvalue weighted by atomic mass is 16.5. The predicted molar refractivity (Wildman–Crippen MR) is 89.8 cm³/mol. The second kappa shape index (κ2) is 7.46. The van der Waals surface area contributed by atoms with E-state index in [-0.39, 0.29) is 11.9 Å². The van der Waals surface area contributed by atoms with E-state index in [0.29, 0.717) is 0 Å². The number of para-hydroxylation sites is 1. The number of rotatable bonds is 5. The Balaban J connectivity index is 2.00. The average Bonchev–Trinajstić information content (AvgIpc) is 2.54. The number of carbonyl (C=O) groups is 1. The molecule has 0 heterocycles. The van der Waals surface area contributed by atoms with Crippen molar-refractivity contribution in [1.82, 2.24) is 5.32 Å². The predicted octanol–water partition coefficient (Wildman–Crippen LogP) is 3.89. The van der Waals surface area contributed by atoms with E-state index in [4.69, 9.17) is 4.74 Å². The molecular weight excluding hydrogens is 274 g/mol. The summed E-state index contributed by atoms with van der Waals surface area (Å²) in [4.78, 5) is 12.0. The Morgan fingerprint density at radius 1 is 1.14 bits per heavy atom. The maximum Gasteiger partial charge on any atom is 0.244 e. The van der Waals surface area contributed by atoms with Crippen LogP contribution in [0, 0.1) is 6.92 Å². The van der Waals surface area contributed by atoms with Gasteiger partial charge in [-0.2, -0.15) is 0 Å². The zero-order chi connectivity index (χ0) is 15.9. The quantitative estimate of drug-likeness (QED) is 0.850. The minimum Gasteiger partial charge on any atom is -0.496 e. The molecular formula is C19H21NO2. The Labute approximate surface area is 131 Å². The van der Waals surface area contributed by atoms with Crippen LogP contribution in [0.1, 0.15) is 29.7 Å². The largest absolute Gasteiger partial charge is 0.496 e. The fourth-order valence-corrected chi connectivity index (χ4v) is 2.21. The van der Waals surface area contributed by atoms with Crippen molar-refractivity contribution >= 4 is 12.0 Å². The molecule has 2 rings (SSSR count). The second-order valence-electron chi connectivity index (χ2n) is 5.22. The molecule has 2 aromatic carbocycles. The van der Waals surface area contributed by atoms with Crippen molar-refractivity contribution in [2.45, 2.75) is 19.9 Å². The molecule has 0 aliphatic heterocycles. The summed E-state index contributed by atoms with van der Waals surface area (Å²) in [6.07, 6.45) is 3.36. The number of hydrogen-bond acceptors (Lipinski definition) is 2. The van der Waals surface area contributed by atoms with Crippen molar-refractivity contribution in [3.63, 3.8) is 0 Å². The molecule has 0 aliphatic carbocycles. The smallest absolute Gasteiger partial charge is 0.244 e. The molecule has 0 aliphatic rings. The first-order valence-electron chi connectivity index (χ1n) is 7.28. The second-order valence-corrected chi connectivity index (χ2v) is 5.22. The van der Waals surface area contributed by atoms with E-state index in [1.54, 1.807) is 13.2 Å². The van der Waals surface area contributed by atoms with Crippen molar-refractivity contribution in [2.75, 3.05) is 7.11 Å². The molecule has 3 heteroatoms. The van der Waals surface area contributed by atoms with Crippen LogP contribution in [0.25, 0.3) is 6.08 Å². The van der Waals surface area contributed by atoms with E-state index in [9.17, 15) is 4.79 Å². The lowest BCUT2D eigenvalue weighted by atomic mass is 10.1. The summed E-state index contributed by atoms with van der Waals surface area (Å²) in [5.41, 5.74) is 3.17. The van der Waals surface area contributed by atoms with E-state index in [0.717, 1.165) is 16.9 Å². The Kier molecular flexibility index (Phi) is 5.37. The lowest BCUT2D eigenvalue weighted by Crippen LogP contribution is -2.24. The van der Waals surface area contributed by atoms with Crippen molar-refractivity contribution in [3.8, 4) is 5.75 Å². The van der Waals surface area contributed by atoms with Gasteiger partial charge in [0.1, 0.15) is 5.75 Å². The van der Waals surface area contributed by atoms with E-state index < -0.39 is 0 Å². The third-order valence-electron chi connectivity index (χ3n) is 3.47. The molecule has 114 valence electrons. The maximum atomic E-state index is 12.0. The normalized spacial score (nSPS) is 12.1. The van der Waals surface area contributed by atoms with Crippen LogP contribution < -0.4 is 10.1 Å². The molecule has 0 saturated heterocycles. The number of aryl methyl sites for hydroxylation is 1. The third kappa shape index (κ3) is 4.22. The first kappa shape index (κ1) is 15.8. The third-order valence-corrected chi connectivity index (χ3v) is 3.47. The Morgan fingerprint density at radius 3 is 2.50 bits per heavy atom. The molecule has 0 saturated carbocycles. The van der Waals surface area contributed by atoms with Crippen LogP contribution in [-0.4, -0.2) is 13.0 Å². The molecule has 0 spiro atoms. The fourth-order valence-electron chi connectivity index (χ4n) is 2.21. The topological polar surface area (TPSA) is 38.3 Å². The fraction of sp³-hybridized carbons (Fsp3) is 0.211. The number of amides is 1. The van der Waals surface area contributed by atoms with Gasteiger partial charge in [-0.3, -0.25) is 4.79 Å². The average molecular weight is 295 g/mol. The minimum atomic E-state index is -0.126. The van der Waals surface area contributed by atoms with E-state index in [1.165, 1.54) is 5.56 Å². The Bertz CT molecular complexity index is 659. The molecule has 2 aromatic rings. The SMILES string of the molecule is COc1ccccc1C(C)NC(=O)/C=C/c1ccc(C)cc1. The highest BCUT2D eigenvalue weighted by molar-refractivity contribution is 5.92. The molecule has 1 unspecified atom stereocenters. The Morgan fingerprint density at radius 2 is 1.82 bits per heavy atom. The summed E-state index contributed by atoms with van der Waals surface area (Å²) in [7, 11) is 1.63. The van der Waals surface area contributed by atoms with Crippen molar-refractivity contribution in [1.29, 1.82) is 0 Å². The van der Waals surface area contributed by atoms with Crippen LogP contribution in [0.4, 0.5) is 0 Å². The zero-order valence-electron chi connectivity index (χ0n) is 13.2. The van der Waals surface area contributed by atoms with Gasteiger partial charge < -0.3 is 10.1 Å². The van der Waals surface area contributed by atoms with E-state index in [1.807, 2.05) is 68.5 Å². The zero-order valence-corrected chi connectivity index (χ0v) is 13.2. The first-order valence-corrected chi connectivity index (χ1v) is 7.28. The van der Waals surface area contributed by atoms with Gasteiger partial charge in [-0.1, -0.05) is 48.0 Å². The molecule has 0 aromatic heterocycles. The van der Waals surface area contributed by atoms with E-state index in [2.05, 4.69) is 5.32 Å². The van der Waals surface area contributed by atoms with Gasteiger partial charge in [0.25, 0.3) is 0 Å². The van der Waals surface area contributed by atoms with Crippen LogP contribution in [0.2, 0.25) is 0 Å². The van der Waals surface area contributed by atoms with Gasteiger partial charge in [0.15, 0.2) is 0 Å². The highest BCUT2D eigenvalue weighted by Crippen LogP contribution is 2.24. The van der Waals surface area contributed by atoms with Crippen molar-refractivity contribution < 1.29 is 9.53 Å². The van der Waals surface area contributed by atoms with Gasteiger partial charge in [-0.05, 0) is 31.6 Å². The van der Waals surface area contributed by atoms with Crippen LogP contribution in [0.5, 0.6) is 5.75 Å². The molecule has 0 bridgehead atoms. The van der Waals surface area contributed by atoms with Gasteiger partial charge in [-0.25, -0.2) is 0 Å². The van der Waals surface area contributed by atoms with Gasteiger partial charge in [-0.15, -0.1) is 0 Å². The molecule has 0 radical (unpaired) electrons. The number of benzene rings is 2. The van der Waals surface area contributed by atoms with Gasteiger partial charge in [0, 0.05) is 11.6 Å².